The summed E-state index contributed by atoms with van der Waals surface area (Å²) >= 11 is 0. The number of nitrogen functional groups attached to an aromatic ring is 1. The summed E-state index contributed by atoms with van der Waals surface area (Å²) in [5.41, 5.74) is 7.70. The molecule has 0 bridgehead atoms. The van der Waals surface area contributed by atoms with Crippen LogP contribution in [0.3, 0.4) is 0 Å². The molecule has 1 heterocycles. The van der Waals surface area contributed by atoms with Crippen LogP contribution in [-0.4, -0.2) is 55.5 Å². The van der Waals surface area contributed by atoms with E-state index < -0.39 is 10.0 Å². The van der Waals surface area contributed by atoms with E-state index in [0.717, 1.165) is 11.1 Å². The molecule has 2 aromatic carbocycles. The predicted octanol–water partition coefficient (Wildman–Crippen LogP) is 1.66. The van der Waals surface area contributed by atoms with Crippen molar-refractivity contribution in [1.82, 2.24) is 9.21 Å². The normalized spacial score (nSPS) is 15.5. The van der Waals surface area contributed by atoms with E-state index in [1.807, 2.05) is 30.3 Å². The van der Waals surface area contributed by atoms with Crippen LogP contribution in [0.2, 0.25) is 0 Å². The molecule has 1 amide bonds. The number of carbonyl (C=O) groups excluding carboxylic acids is 1. The minimum absolute atomic E-state index is 0.0125. The molecule has 1 aliphatic heterocycles. The van der Waals surface area contributed by atoms with Gasteiger partial charge in [0.05, 0.1) is 6.42 Å². The van der Waals surface area contributed by atoms with Gasteiger partial charge in [-0.2, -0.15) is 4.31 Å². The second-order valence-corrected chi connectivity index (χ2v) is 8.64. The summed E-state index contributed by atoms with van der Waals surface area (Å²) in [7, 11) is -3.52. The Kier molecular flexibility index (Phi) is 6.46. The van der Waals surface area contributed by atoms with Crippen LogP contribution in [0.4, 0.5) is 0 Å². The van der Waals surface area contributed by atoms with E-state index in [2.05, 4.69) is 0 Å². The molecular formula is C21H24N4O3S. The Labute approximate surface area is 171 Å². The maximum absolute atomic E-state index is 12.5. The van der Waals surface area contributed by atoms with Gasteiger partial charge in [-0.25, -0.2) is 8.42 Å². The summed E-state index contributed by atoms with van der Waals surface area (Å²) in [5.74, 6) is -0.0565. The standard InChI is InChI=1S/C21H24N4O3S/c22-21(23)19-8-6-18(7-9-19)16-20(26)24-11-13-25(14-12-24)29(27,28)15-10-17-4-2-1-3-5-17/h1-10,15H,11-14,16H2,(H3,22,23)/b15-10+. The van der Waals surface area contributed by atoms with Crippen molar-refractivity contribution in [1.29, 1.82) is 5.41 Å². The van der Waals surface area contributed by atoms with Crippen LogP contribution in [0.5, 0.6) is 0 Å². The third kappa shape index (κ3) is 5.52. The number of amidine groups is 1. The van der Waals surface area contributed by atoms with Crippen LogP contribution < -0.4 is 5.73 Å². The Morgan fingerprint density at radius 3 is 2.21 bits per heavy atom. The zero-order valence-electron chi connectivity index (χ0n) is 16.0. The van der Waals surface area contributed by atoms with E-state index in [4.69, 9.17) is 11.1 Å². The third-order valence-electron chi connectivity index (χ3n) is 4.80. The van der Waals surface area contributed by atoms with Crippen molar-refractivity contribution >= 4 is 27.8 Å². The van der Waals surface area contributed by atoms with Gasteiger partial charge in [0.2, 0.25) is 15.9 Å². The summed E-state index contributed by atoms with van der Waals surface area (Å²) in [6.07, 6.45) is 1.82. The van der Waals surface area contributed by atoms with Crippen molar-refractivity contribution in [2.45, 2.75) is 6.42 Å². The van der Waals surface area contributed by atoms with Gasteiger partial charge in [0.15, 0.2) is 0 Å². The van der Waals surface area contributed by atoms with E-state index in [9.17, 15) is 13.2 Å². The number of sulfonamides is 1. The average Bonchev–Trinajstić information content (AvgIpc) is 2.73. The Hall–Kier alpha value is -2.97. The zero-order valence-corrected chi connectivity index (χ0v) is 16.8. The molecular weight excluding hydrogens is 388 g/mol. The lowest BCUT2D eigenvalue weighted by molar-refractivity contribution is -0.131. The van der Waals surface area contributed by atoms with E-state index in [-0.39, 0.29) is 31.3 Å². The monoisotopic (exact) mass is 412 g/mol. The topological polar surface area (TPSA) is 108 Å². The van der Waals surface area contributed by atoms with E-state index in [1.54, 1.807) is 35.2 Å². The quantitative estimate of drug-likeness (QED) is 0.556. The van der Waals surface area contributed by atoms with Gasteiger partial charge in [-0.1, -0.05) is 54.6 Å². The fourth-order valence-corrected chi connectivity index (χ4v) is 4.27. The lowest BCUT2D eigenvalue weighted by Gasteiger charge is -2.33. The zero-order chi connectivity index (χ0) is 20.9. The van der Waals surface area contributed by atoms with Crippen molar-refractivity contribution in [3.63, 3.8) is 0 Å². The lowest BCUT2D eigenvalue weighted by atomic mass is 10.1. The molecule has 8 heteroatoms. The number of piperazine rings is 1. The Morgan fingerprint density at radius 2 is 1.62 bits per heavy atom. The smallest absolute Gasteiger partial charge is 0.236 e. The van der Waals surface area contributed by atoms with E-state index in [1.165, 1.54) is 9.71 Å². The molecule has 152 valence electrons. The van der Waals surface area contributed by atoms with Crippen LogP contribution in [0, 0.1) is 5.41 Å². The second-order valence-electron chi connectivity index (χ2n) is 6.83. The average molecular weight is 413 g/mol. The fraction of sp³-hybridized carbons (Fsp3) is 0.238. The SMILES string of the molecule is N=C(N)c1ccc(CC(=O)N2CCN(S(=O)(=O)/C=C/c3ccccc3)CC2)cc1. The van der Waals surface area contributed by atoms with Gasteiger partial charge in [0.25, 0.3) is 0 Å². The highest BCUT2D eigenvalue weighted by Gasteiger charge is 2.27. The molecule has 1 fully saturated rings. The van der Waals surface area contributed by atoms with Gasteiger partial charge in [0.1, 0.15) is 5.84 Å². The molecule has 3 rings (SSSR count). The Morgan fingerprint density at radius 1 is 1.00 bits per heavy atom. The number of nitrogens with zero attached hydrogens (tertiary/aromatic N) is 2. The van der Waals surface area contributed by atoms with Crippen molar-refractivity contribution in [3.8, 4) is 0 Å². The maximum Gasteiger partial charge on any atom is 0.236 e. The number of nitrogens with two attached hydrogens (primary N) is 1. The van der Waals surface area contributed by atoms with Crippen molar-refractivity contribution < 1.29 is 13.2 Å². The minimum atomic E-state index is -3.52. The molecule has 1 aliphatic rings. The molecule has 1 saturated heterocycles. The highest BCUT2D eigenvalue weighted by molar-refractivity contribution is 7.92. The molecule has 0 aromatic heterocycles. The number of nitrogens with one attached hydrogen (secondary N) is 1. The number of benzene rings is 2. The second kappa shape index (κ2) is 9.02. The Balaban J connectivity index is 1.54. The molecule has 2 aromatic rings. The summed E-state index contributed by atoms with van der Waals surface area (Å²) in [6.45, 7) is 1.28. The van der Waals surface area contributed by atoms with Gasteiger partial charge in [0, 0.05) is 37.2 Å². The predicted molar refractivity (Wildman–Crippen MR) is 114 cm³/mol. The van der Waals surface area contributed by atoms with Crippen LogP contribution in [0.25, 0.3) is 6.08 Å². The number of carbonyl (C=O) groups is 1. The van der Waals surface area contributed by atoms with Crippen LogP contribution in [0.15, 0.2) is 60.0 Å². The molecule has 7 nitrogen and oxygen atoms in total. The molecule has 0 radical (unpaired) electrons. The van der Waals surface area contributed by atoms with Crippen LogP contribution >= 0.6 is 0 Å². The van der Waals surface area contributed by atoms with Gasteiger partial charge in [-0.3, -0.25) is 10.2 Å². The molecule has 0 unspecified atom stereocenters. The lowest BCUT2D eigenvalue weighted by Crippen LogP contribution is -2.50. The highest BCUT2D eigenvalue weighted by atomic mass is 32.2. The highest BCUT2D eigenvalue weighted by Crippen LogP contribution is 2.13. The molecule has 3 N–H and O–H groups in total. The van der Waals surface area contributed by atoms with Gasteiger partial charge in [-0.15, -0.1) is 0 Å². The number of hydrogen-bond donors (Lipinski definition) is 2. The van der Waals surface area contributed by atoms with Crippen LogP contribution in [0.1, 0.15) is 16.7 Å². The van der Waals surface area contributed by atoms with Gasteiger partial charge in [-0.05, 0) is 17.2 Å². The number of amides is 1. The number of hydrogen-bond acceptors (Lipinski definition) is 4. The summed E-state index contributed by atoms with van der Waals surface area (Å²) in [5, 5.41) is 8.62. The first-order chi connectivity index (χ1) is 13.8. The van der Waals surface area contributed by atoms with E-state index >= 15 is 0 Å². The third-order valence-corrected chi connectivity index (χ3v) is 6.37. The van der Waals surface area contributed by atoms with Crippen molar-refractivity contribution in [3.05, 3.63) is 76.7 Å². The first-order valence-corrected chi connectivity index (χ1v) is 10.8. The summed E-state index contributed by atoms with van der Waals surface area (Å²) < 4.78 is 26.4. The fourth-order valence-electron chi connectivity index (χ4n) is 3.10. The van der Waals surface area contributed by atoms with Crippen molar-refractivity contribution in [2.75, 3.05) is 26.2 Å². The Bertz CT molecular complexity index is 994. The van der Waals surface area contributed by atoms with Crippen LogP contribution in [-0.2, 0) is 21.2 Å². The summed E-state index contributed by atoms with van der Waals surface area (Å²) in [6, 6.07) is 16.3. The van der Waals surface area contributed by atoms with Crippen molar-refractivity contribution in [2.24, 2.45) is 5.73 Å². The van der Waals surface area contributed by atoms with Gasteiger partial charge < -0.3 is 10.6 Å². The minimum Gasteiger partial charge on any atom is -0.384 e. The first kappa shape index (κ1) is 20.8. The summed E-state index contributed by atoms with van der Waals surface area (Å²) in [4.78, 5) is 14.2. The molecule has 29 heavy (non-hydrogen) atoms. The maximum atomic E-state index is 12.5. The number of rotatable bonds is 6. The van der Waals surface area contributed by atoms with Gasteiger partial charge >= 0.3 is 0 Å². The molecule has 0 atom stereocenters. The van der Waals surface area contributed by atoms with E-state index in [0.29, 0.717) is 18.7 Å². The first-order valence-electron chi connectivity index (χ1n) is 9.29. The largest absolute Gasteiger partial charge is 0.384 e. The molecule has 0 spiro atoms. The molecule has 0 aliphatic carbocycles. The molecule has 0 saturated carbocycles.